The summed E-state index contributed by atoms with van der Waals surface area (Å²) in [5.41, 5.74) is 0.627. The van der Waals surface area contributed by atoms with Crippen molar-refractivity contribution in [1.29, 1.82) is 0 Å². The maximum atomic E-state index is 13.7. The van der Waals surface area contributed by atoms with Gasteiger partial charge in [-0.1, -0.05) is 28.1 Å². The van der Waals surface area contributed by atoms with Gasteiger partial charge in [-0.15, -0.1) is 0 Å². The highest BCUT2D eigenvalue weighted by atomic mass is 79.9. The van der Waals surface area contributed by atoms with Crippen molar-refractivity contribution < 1.29 is 9.13 Å². The largest absolute Gasteiger partial charge is 0.494 e. The van der Waals surface area contributed by atoms with Crippen molar-refractivity contribution in [2.75, 3.05) is 12.4 Å². The van der Waals surface area contributed by atoms with Crippen LogP contribution in [-0.4, -0.2) is 18.5 Å². The van der Waals surface area contributed by atoms with Gasteiger partial charge in [-0.25, -0.2) is 4.39 Å². The fraction of sp³-hybridized carbons (Fsp3) is 0.455. The van der Waals surface area contributed by atoms with Crippen LogP contribution >= 0.6 is 15.9 Å². The molecule has 0 aliphatic rings. The minimum Gasteiger partial charge on any atom is -0.494 e. The van der Waals surface area contributed by atoms with Gasteiger partial charge in [0, 0.05) is 23.5 Å². The molecule has 0 bridgehead atoms. The number of ether oxygens (including phenoxy) is 1. The van der Waals surface area contributed by atoms with Crippen LogP contribution in [0.2, 0.25) is 0 Å². The van der Waals surface area contributed by atoms with E-state index in [1.54, 1.807) is 18.2 Å². The highest BCUT2D eigenvalue weighted by Gasteiger charge is 2.08. The minimum atomic E-state index is -0.283. The molecule has 0 saturated carbocycles. The predicted molar refractivity (Wildman–Crippen MR) is 63.0 cm³/mol. The molecule has 1 aromatic rings. The lowest BCUT2D eigenvalue weighted by atomic mass is 10.2. The Labute approximate surface area is 98.0 Å². The second kappa shape index (κ2) is 6.08. The molecule has 0 aliphatic heterocycles. The molecule has 2 nitrogen and oxygen atoms in total. The molecule has 1 aromatic carbocycles. The van der Waals surface area contributed by atoms with Crippen LogP contribution in [0.4, 0.5) is 4.39 Å². The van der Waals surface area contributed by atoms with Crippen LogP contribution in [0.5, 0.6) is 5.75 Å². The Morgan fingerprint density at radius 2 is 2.27 bits per heavy atom. The van der Waals surface area contributed by atoms with Crippen LogP contribution in [0, 0.1) is 5.82 Å². The van der Waals surface area contributed by atoms with Crippen molar-refractivity contribution in [2.24, 2.45) is 0 Å². The van der Waals surface area contributed by atoms with Crippen LogP contribution < -0.4 is 10.1 Å². The van der Waals surface area contributed by atoms with E-state index in [4.69, 9.17) is 4.74 Å². The molecule has 1 unspecified atom stereocenters. The topological polar surface area (TPSA) is 21.3 Å². The number of methoxy groups -OCH3 is 1. The van der Waals surface area contributed by atoms with Gasteiger partial charge in [0.1, 0.15) is 0 Å². The molecular weight excluding hydrogens is 261 g/mol. The summed E-state index contributed by atoms with van der Waals surface area (Å²) in [6.45, 7) is 2.54. The summed E-state index contributed by atoms with van der Waals surface area (Å²) in [6, 6.07) is 5.48. The number of halogens is 2. The Morgan fingerprint density at radius 3 is 2.87 bits per heavy atom. The number of alkyl halides is 1. The third kappa shape index (κ3) is 3.47. The molecule has 0 amide bonds. The molecule has 0 saturated heterocycles. The summed E-state index contributed by atoms with van der Waals surface area (Å²) in [6.07, 6.45) is 0. The summed E-state index contributed by atoms with van der Waals surface area (Å²) in [5, 5.41) is 4.04. The molecule has 0 fully saturated rings. The highest BCUT2D eigenvalue weighted by Crippen LogP contribution is 2.19. The van der Waals surface area contributed by atoms with Crippen molar-refractivity contribution in [3.05, 3.63) is 29.6 Å². The van der Waals surface area contributed by atoms with Crippen LogP contribution in [0.3, 0.4) is 0 Å². The molecule has 0 aromatic heterocycles. The SMILES string of the molecule is COc1cccc(CNC(C)CBr)c1F. The van der Waals surface area contributed by atoms with E-state index < -0.39 is 0 Å². The average Bonchev–Trinajstić information content (AvgIpc) is 2.27. The molecule has 4 heteroatoms. The van der Waals surface area contributed by atoms with Gasteiger partial charge in [0.25, 0.3) is 0 Å². The van der Waals surface area contributed by atoms with Gasteiger partial charge in [0.15, 0.2) is 11.6 Å². The van der Waals surface area contributed by atoms with Gasteiger partial charge in [0.2, 0.25) is 0 Å². The van der Waals surface area contributed by atoms with Crippen LogP contribution in [-0.2, 0) is 6.54 Å². The predicted octanol–water partition coefficient (Wildman–Crippen LogP) is 2.71. The van der Waals surface area contributed by atoms with Gasteiger partial charge in [-0.2, -0.15) is 0 Å². The van der Waals surface area contributed by atoms with E-state index in [1.165, 1.54) is 7.11 Å². The smallest absolute Gasteiger partial charge is 0.169 e. The summed E-state index contributed by atoms with van der Waals surface area (Å²) in [5.74, 6) is 0.00932. The van der Waals surface area contributed by atoms with E-state index in [-0.39, 0.29) is 5.82 Å². The molecule has 0 spiro atoms. The zero-order valence-electron chi connectivity index (χ0n) is 8.89. The fourth-order valence-electron chi connectivity index (χ4n) is 1.19. The summed E-state index contributed by atoms with van der Waals surface area (Å²) in [4.78, 5) is 0. The molecular formula is C11H15BrFNO. The van der Waals surface area contributed by atoms with E-state index in [9.17, 15) is 4.39 Å². The average molecular weight is 276 g/mol. The van der Waals surface area contributed by atoms with Gasteiger partial charge in [0.05, 0.1) is 7.11 Å². The third-order valence-corrected chi connectivity index (χ3v) is 3.11. The lowest BCUT2D eigenvalue weighted by molar-refractivity contribution is 0.383. The van der Waals surface area contributed by atoms with E-state index in [0.717, 1.165) is 5.33 Å². The summed E-state index contributed by atoms with van der Waals surface area (Å²) in [7, 11) is 1.47. The molecule has 1 N–H and O–H groups in total. The molecule has 84 valence electrons. The summed E-state index contributed by atoms with van der Waals surface area (Å²) >= 11 is 3.35. The Kier molecular flexibility index (Phi) is 5.05. The lowest BCUT2D eigenvalue weighted by Crippen LogP contribution is -2.27. The molecule has 0 radical (unpaired) electrons. The third-order valence-electron chi connectivity index (χ3n) is 2.14. The van der Waals surface area contributed by atoms with Crippen LogP contribution in [0.15, 0.2) is 18.2 Å². The zero-order valence-corrected chi connectivity index (χ0v) is 10.5. The number of benzene rings is 1. The maximum Gasteiger partial charge on any atom is 0.169 e. The normalized spacial score (nSPS) is 12.5. The first kappa shape index (κ1) is 12.5. The summed E-state index contributed by atoms with van der Waals surface area (Å²) < 4.78 is 18.6. The van der Waals surface area contributed by atoms with E-state index in [0.29, 0.717) is 23.9 Å². The molecule has 0 aliphatic carbocycles. The van der Waals surface area contributed by atoms with Gasteiger partial charge >= 0.3 is 0 Å². The number of nitrogens with one attached hydrogen (secondary N) is 1. The molecule has 1 atom stereocenters. The van der Waals surface area contributed by atoms with Crippen molar-refractivity contribution in [1.82, 2.24) is 5.32 Å². The van der Waals surface area contributed by atoms with Gasteiger partial charge < -0.3 is 10.1 Å². The Balaban J connectivity index is 2.68. The van der Waals surface area contributed by atoms with Crippen molar-refractivity contribution in [2.45, 2.75) is 19.5 Å². The standard InChI is InChI=1S/C11H15BrFNO/c1-8(6-12)14-7-9-4-3-5-10(15-2)11(9)13/h3-5,8,14H,6-7H2,1-2H3. The zero-order chi connectivity index (χ0) is 11.3. The van der Waals surface area contributed by atoms with Gasteiger partial charge in [-0.3, -0.25) is 0 Å². The maximum absolute atomic E-state index is 13.7. The lowest BCUT2D eigenvalue weighted by Gasteiger charge is -2.12. The molecule has 15 heavy (non-hydrogen) atoms. The molecule has 1 rings (SSSR count). The van der Waals surface area contributed by atoms with E-state index >= 15 is 0 Å². The van der Waals surface area contributed by atoms with Crippen LogP contribution in [0.1, 0.15) is 12.5 Å². The quantitative estimate of drug-likeness (QED) is 0.835. The minimum absolute atomic E-state index is 0.283. The first-order chi connectivity index (χ1) is 7.19. The second-order valence-electron chi connectivity index (χ2n) is 3.37. The van der Waals surface area contributed by atoms with Crippen molar-refractivity contribution >= 4 is 15.9 Å². The van der Waals surface area contributed by atoms with Crippen molar-refractivity contribution in [3.63, 3.8) is 0 Å². The second-order valence-corrected chi connectivity index (χ2v) is 4.02. The fourth-order valence-corrected chi connectivity index (χ4v) is 1.42. The van der Waals surface area contributed by atoms with Crippen LogP contribution in [0.25, 0.3) is 0 Å². The van der Waals surface area contributed by atoms with Crippen molar-refractivity contribution in [3.8, 4) is 5.75 Å². The number of hydrogen-bond acceptors (Lipinski definition) is 2. The first-order valence-corrected chi connectivity index (χ1v) is 5.92. The van der Waals surface area contributed by atoms with E-state index in [2.05, 4.69) is 21.2 Å². The first-order valence-electron chi connectivity index (χ1n) is 4.79. The monoisotopic (exact) mass is 275 g/mol. The van der Waals surface area contributed by atoms with Gasteiger partial charge in [-0.05, 0) is 13.0 Å². The van der Waals surface area contributed by atoms with E-state index in [1.807, 2.05) is 6.92 Å². The Morgan fingerprint density at radius 1 is 1.53 bits per heavy atom. The highest BCUT2D eigenvalue weighted by molar-refractivity contribution is 9.09. The number of rotatable bonds is 5. The number of hydrogen-bond donors (Lipinski definition) is 1. The Bertz CT molecular complexity index is 319. The molecule has 0 heterocycles. The Hall–Kier alpha value is -0.610.